The van der Waals surface area contributed by atoms with Crippen molar-refractivity contribution >= 4 is 5.91 Å². The molecule has 3 aromatic rings. The summed E-state index contributed by atoms with van der Waals surface area (Å²) in [6.07, 6.45) is -4.63. The van der Waals surface area contributed by atoms with Crippen LogP contribution in [0.1, 0.15) is 27.6 Å². The highest BCUT2D eigenvalue weighted by molar-refractivity contribution is 5.95. The molecule has 1 amide bonds. The van der Waals surface area contributed by atoms with Gasteiger partial charge in [0.05, 0.1) is 24.8 Å². The van der Waals surface area contributed by atoms with Gasteiger partial charge in [-0.05, 0) is 36.4 Å². The number of halogens is 3. The lowest BCUT2D eigenvalue weighted by Gasteiger charge is -2.11. The van der Waals surface area contributed by atoms with Crippen LogP contribution in [-0.2, 0) is 19.3 Å². The number of amides is 1. The van der Waals surface area contributed by atoms with Crippen molar-refractivity contribution in [3.63, 3.8) is 0 Å². The molecule has 10 heteroatoms. The highest BCUT2D eigenvalue weighted by Crippen LogP contribution is 2.31. The van der Waals surface area contributed by atoms with Crippen molar-refractivity contribution in [3.05, 3.63) is 71.4 Å². The van der Waals surface area contributed by atoms with E-state index in [1.807, 2.05) is 0 Å². The number of rotatable bonds is 7. The maximum Gasteiger partial charge on any atom is 0.417 e. The predicted molar refractivity (Wildman–Crippen MR) is 94.2 cm³/mol. The summed E-state index contributed by atoms with van der Waals surface area (Å²) in [7, 11) is 1.55. The van der Waals surface area contributed by atoms with Crippen LogP contribution in [0.3, 0.4) is 0 Å². The first-order valence-electron chi connectivity index (χ1n) is 8.39. The number of nitrogens with one attached hydrogen (secondary N) is 1. The fraction of sp³-hybridized carbons (Fsp3) is 0.211. The second kappa shape index (κ2) is 8.63. The van der Waals surface area contributed by atoms with Crippen molar-refractivity contribution in [2.75, 3.05) is 7.11 Å². The summed E-state index contributed by atoms with van der Waals surface area (Å²) in [6, 6.07) is 11.4. The Balaban J connectivity index is 1.56. The van der Waals surface area contributed by atoms with Crippen LogP contribution in [0.15, 0.2) is 53.1 Å². The monoisotopic (exact) mass is 407 g/mol. The van der Waals surface area contributed by atoms with Crippen molar-refractivity contribution in [2.45, 2.75) is 19.3 Å². The summed E-state index contributed by atoms with van der Waals surface area (Å²) >= 11 is 0. The number of aromatic nitrogens is 2. The molecule has 0 radical (unpaired) electrons. The number of hydrogen-bond acceptors (Lipinski definition) is 6. The van der Waals surface area contributed by atoms with Gasteiger partial charge in [-0.25, -0.2) is 0 Å². The lowest BCUT2D eigenvalue weighted by Crippen LogP contribution is -2.26. The minimum absolute atomic E-state index is 0.0146. The molecule has 3 rings (SSSR count). The topological polar surface area (TPSA) is 86.5 Å². The summed E-state index contributed by atoms with van der Waals surface area (Å²) in [5.41, 5.74) is -1.50. The standard InChI is InChI=1S/C19H16F3N3O4/c1-27-12-6-8-13(9-7-12)28-11-16-24-17(29-25-16)10-23-18(26)14-4-2-3-5-15(14)19(20,21)22/h2-9H,10-11H2,1H3,(H,23,26). The first-order chi connectivity index (χ1) is 13.9. The molecule has 0 fully saturated rings. The first kappa shape index (κ1) is 20.2. The summed E-state index contributed by atoms with van der Waals surface area (Å²) in [5, 5.41) is 6.04. The van der Waals surface area contributed by atoms with E-state index in [-0.39, 0.29) is 24.9 Å². The second-order valence-electron chi connectivity index (χ2n) is 5.79. The van der Waals surface area contributed by atoms with Crippen molar-refractivity contribution in [1.82, 2.24) is 15.5 Å². The third-order valence-corrected chi connectivity index (χ3v) is 3.81. The summed E-state index contributed by atoms with van der Waals surface area (Å²) in [6.45, 7) is -0.207. The number of hydrogen-bond donors (Lipinski definition) is 1. The van der Waals surface area contributed by atoms with Crippen LogP contribution in [-0.4, -0.2) is 23.2 Å². The highest BCUT2D eigenvalue weighted by atomic mass is 19.4. The molecular formula is C19H16F3N3O4. The van der Waals surface area contributed by atoms with E-state index in [4.69, 9.17) is 14.0 Å². The molecule has 1 aromatic heterocycles. The normalized spacial score (nSPS) is 11.2. The van der Waals surface area contributed by atoms with Gasteiger partial charge < -0.3 is 19.3 Å². The Labute approximate surface area is 163 Å². The smallest absolute Gasteiger partial charge is 0.417 e. The zero-order chi connectivity index (χ0) is 20.9. The molecule has 0 saturated heterocycles. The number of carbonyl (C=O) groups excluding carboxylic acids is 1. The molecule has 0 atom stereocenters. The average molecular weight is 407 g/mol. The molecule has 2 aromatic carbocycles. The fourth-order valence-corrected chi connectivity index (χ4v) is 2.42. The Kier molecular flexibility index (Phi) is 6.01. The molecule has 1 heterocycles. The van der Waals surface area contributed by atoms with Gasteiger partial charge in [-0.15, -0.1) is 0 Å². The number of methoxy groups -OCH3 is 1. The van der Waals surface area contributed by atoms with Gasteiger partial charge in [-0.1, -0.05) is 17.3 Å². The summed E-state index contributed by atoms with van der Waals surface area (Å²) in [4.78, 5) is 16.2. The zero-order valence-corrected chi connectivity index (χ0v) is 15.2. The van der Waals surface area contributed by atoms with Gasteiger partial charge in [0.1, 0.15) is 11.5 Å². The van der Waals surface area contributed by atoms with E-state index >= 15 is 0 Å². The number of benzene rings is 2. The summed E-state index contributed by atoms with van der Waals surface area (Å²) < 4.78 is 54.5. The molecule has 7 nitrogen and oxygen atoms in total. The molecule has 0 spiro atoms. The van der Waals surface area contributed by atoms with Gasteiger partial charge in [0.25, 0.3) is 5.91 Å². The Bertz CT molecular complexity index is 971. The molecule has 0 bridgehead atoms. The molecule has 0 aliphatic rings. The third kappa shape index (κ3) is 5.24. The third-order valence-electron chi connectivity index (χ3n) is 3.81. The molecule has 1 N–H and O–H groups in total. The highest BCUT2D eigenvalue weighted by Gasteiger charge is 2.34. The summed E-state index contributed by atoms with van der Waals surface area (Å²) in [5.74, 6) is 0.611. The SMILES string of the molecule is COc1ccc(OCc2noc(CNC(=O)c3ccccc3C(F)(F)F)n2)cc1. The minimum atomic E-state index is -4.63. The van der Waals surface area contributed by atoms with Gasteiger partial charge in [0.15, 0.2) is 6.61 Å². The van der Waals surface area contributed by atoms with Crippen LogP contribution in [0, 0.1) is 0 Å². The van der Waals surface area contributed by atoms with Crippen molar-refractivity contribution in [2.24, 2.45) is 0 Å². The van der Waals surface area contributed by atoms with Gasteiger partial charge in [-0.2, -0.15) is 18.2 Å². The minimum Gasteiger partial charge on any atom is -0.497 e. The molecular weight excluding hydrogens is 391 g/mol. The van der Waals surface area contributed by atoms with E-state index in [1.54, 1.807) is 31.4 Å². The van der Waals surface area contributed by atoms with Crippen LogP contribution in [0.5, 0.6) is 11.5 Å². The number of alkyl halides is 3. The van der Waals surface area contributed by atoms with Crippen LogP contribution >= 0.6 is 0 Å². The maximum atomic E-state index is 13.0. The van der Waals surface area contributed by atoms with E-state index in [2.05, 4.69) is 15.5 Å². The van der Waals surface area contributed by atoms with Crippen molar-refractivity contribution in [3.8, 4) is 11.5 Å². The van der Waals surface area contributed by atoms with E-state index in [0.717, 1.165) is 12.1 Å². The maximum absolute atomic E-state index is 13.0. The van der Waals surface area contributed by atoms with Gasteiger partial charge >= 0.3 is 6.18 Å². The Morgan fingerprint density at radius 3 is 2.48 bits per heavy atom. The van der Waals surface area contributed by atoms with Gasteiger partial charge in [0.2, 0.25) is 11.7 Å². The van der Waals surface area contributed by atoms with Crippen molar-refractivity contribution < 1.29 is 32.0 Å². The number of ether oxygens (including phenoxy) is 2. The predicted octanol–water partition coefficient (Wildman–Crippen LogP) is 3.61. The quantitative estimate of drug-likeness (QED) is 0.644. The van der Waals surface area contributed by atoms with Crippen LogP contribution in [0.2, 0.25) is 0 Å². The van der Waals surface area contributed by atoms with Crippen LogP contribution in [0.4, 0.5) is 13.2 Å². The Morgan fingerprint density at radius 1 is 1.10 bits per heavy atom. The fourth-order valence-electron chi connectivity index (χ4n) is 2.42. The molecule has 29 heavy (non-hydrogen) atoms. The average Bonchev–Trinajstić information content (AvgIpc) is 3.18. The zero-order valence-electron chi connectivity index (χ0n) is 15.2. The van der Waals surface area contributed by atoms with E-state index in [0.29, 0.717) is 11.5 Å². The van der Waals surface area contributed by atoms with Crippen LogP contribution in [0.25, 0.3) is 0 Å². The largest absolute Gasteiger partial charge is 0.497 e. The molecule has 0 aliphatic carbocycles. The van der Waals surface area contributed by atoms with Gasteiger partial charge in [-0.3, -0.25) is 4.79 Å². The Morgan fingerprint density at radius 2 is 1.79 bits per heavy atom. The van der Waals surface area contributed by atoms with E-state index in [1.165, 1.54) is 12.1 Å². The lowest BCUT2D eigenvalue weighted by atomic mass is 10.1. The van der Waals surface area contributed by atoms with E-state index in [9.17, 15) is 18.0 Å². The Hall–Kier alpha value is -3.56. The van der Waals surface area contributed by atoms with Gasteiger partial charge in [0, 0.05) is 0 Å². The van der Waals surface area contributed by atoms with Crippen LogP contribution < -0.4 is 14.8 Å². The number of nitrogens with zero attached hydrogens (tertiary/aromatic N) is 2. The lowest BCUT2D eigenvalue weighted by molar-refractivity contribution is -0.137. The van der Waals surface area contributed by atoms with E-state index < -0.39 is 23.2 Å². The molecule has 0 unspecified atom stereocenters. The second-order valence-corrected chi connectivity index (χ2v) is 5.79. The molecule has 152 valence electrons. The van der Waals surface area contributed by atoms with Crippen molar-refractivity contribution in [1.29, 1.82) is 0 Å². The molecule has 0 aliphatic heterocycles. The molecule has 0 saturated carbocycles. The first-order valence-corrected chi connectivity index (χ1v) is 8.39. The number of carbonyl (C=O) groups is 1.